The van der Waals surface area contributed by atoms with Gasteiger partial charge in [-0.2, -0.15) is 0 Å². The van der Waals surface area contributed by atoms with Gasteiger partial charge in [0.05, 0.1) is 4.91 Å². The maximum atomic E-state index is 11.3. The van der Waals surface area contributed by atoms with Crippen LogP contribution in [0, 0.1) is 11.8 Å². The molecule has 5 heteroatoms. The third kappa shape index (κ3) is 1.24. The van der Waals surface area contributed by atoms with Crippen molar-refractivity contribution in [1.82, 2.24) is 10.1 Å². The Bertz CT molecular complexity index is 517. The van der Waals surface area contributed by atoms with Crippen LogP contribution in [0.5, 0.6) is 0 Å². The normalized spacial score (nSPS) is 10.5. The van der Waals surface area contributed by atoms with Crippen molar-refractivity contribution in [2.24, 2.45) is 0 Å². The van der Waals surface area contributed by atoms with Gasteiger partial charge >= 0.3 is 5.52 Å². The summed E-state index contributed by atoms with van der Waals surface area (Å²) in [6.07, 6.45) is 0. The van der Waals surface area contributed by atoms with Crippen molar-refractivity contribution < 1.29 is 4.54 Å². The largest absolute Gasteiger partial charge is 0.365 e. The number of nitrogens with one attached hydrogen (secondary N) is 1. The number of hydrogen-bond donors (Lipinski definition) is 2. The van der Waals surface area contributed by atoms with Crippen molar-refractivity contribution in [2.45, 2.75) is 6.92 Å². The molecule has 0 fully saturated rings. The van der Waals surface area contributed by atoms with Crippen LogP contribution in [0.25, 0.3) is 11.0 Å². The summed E-state index contributed by atoms with van der Waals surface area (Å²) in [6, 6.07) is 5.41. The Kier molecular flexibility index (Phi) is 1.51. The molecule has 0 unspecified atom stereocenters. The molecule has 3 N–H and O–H groups in total. The third-order valence-electron chi connectivity index (χ3n) is 1.81. The lowest BCUT2D eigenvalue weighted by Crippen LogP contribution is -2.23. The Labute approximate surface area is 73.8 Å². The number of anilines is 1. The molecular weight excluding hydrogens is 168 g/mol. The first-order valence-corrected chi connectivity index (χ1v) is 3.85. The van der Waals surface area contributed by atoms with Gasteiger partial charge in [-0.3, -0.25) is 0 Å². The molecule has 66 valence electrons. The molecule has 0 saturated heterocycles. The monoisotopic (exact) mass is 177 g/mol. The van der Waals surface area contributed by atoms with Crippen LogP contribution < -0.4 is 10.3 Å². The zero-order valence-corrected chi connectivity index (χ0v) is 7.11. The molecule has 1 aromatic heterocycles. The number of H-pyrrole nitrogens is 1. The van der Waals surface area contributed by atoms with E-state index in [4.69, 9.17) is 5.73 Å². The lowest BCUT2D eigenvalue weighted by Gasteiger charge is -1.91. The SMILES string of the molecule is Cc1ccc2nc(N)[nH][n+](=O)c2c1. The Hall–Kier alpha value is -1.91. The zero-order chi connectivity index (χ0) is 9.42. The molecule has 0 aliphatic carbocycles. The second-order valence-corrected chi connectivity index (χ2v) is 2.90. The van der Waals surface area contributed by atoms with Crippen LogP contribution in [0.3, 0.4) is 0 Å². The molecule has 1 heterocycles. The van der Waals surface area contributed by atoms with Gasteiger partial charge in [0, 0.05) is 6.07 Å². The van der Waals surface area contributed by atoms with Gasteiger partial charge in [-0.25, -0.2) is 4.98 Å². The molecule has 0 atom stereocenters. The van der Waals surface area contributed by atoms with Crippen LogP contribution in [-0.2, 0) is 0 Å². The van der Waals surface area contributed by atoms with Crippen molar-refractivity contribution in [3.05, 3.63) is 28.7 Å². The highest BCUT2D eigenvalue weighted by Gasteiger charge is 2.08. The summed E-state index contributed by atoms with van der Waals surface area (Å²) in [5, 5.41) is 2.37. The molecular formula is C8H9N4O+. The molecule has 0 spiro atoms. The number of fused-ring (bicyclic) bond motifs is 1. The zero-order valence-electron chi connectivity index (χ0n) is 7.11. The van der Waals surface area contributed by atoms with E-state index in [2.05, 4.69) is 10.1 Å². The number of nitrogen functional groups attached to an aromatic ring is 1. The third-order valence-corrected chi connectivity index (χ3v) is 1.81. The summed E-state index contributed by atoms with van der Waals surface area (Å²) in [6.45, 7) is 1.91. The van der Waals surface area contributed by atoms with Crippen molar-refractivity contribution in [2.75, 3.05) is 5.73 Å². The highest BCUT2D eigenvalue weighted by Crippen LogP contribution is 2.08. The minimum atomic E-state index is 0.117. The van der Waals surface area contributed by atoms with Gasteiger partial charge < -0.3 is 5.73 Å². The van der Waals surface area contributed by atoms with E-state index in [1.54, 1.807) is 12.1 Å². The van der Waals surface area contributed by atoms with E-state index in [-0.39, 0.29) is 5.95 Å². The first-order valence-electron chi connectivity index (χ1n) is 3.85. The van der Waals surface area contributed by atoms with Gasteiger partial charge in [0.1, 0.15) is 5.52 Å². The average molecular weight is 177 g/mol. The number of nitrogens with zero attached hydrogens (tertiary/aromatic N) is 2. The Balaban J connectivity index is 2.95. The number of rotatable bonds is 0. The summed E-state index contributed by atoms with van der Waals surface area (Å²) in [5.74, 6) is 0.117. The summed E-state index contributed by atoms with van der Waals surface area (Å²) < 4.78 is 0.616. The van der Waals surface area contributed by atoms with E-state index in [9.17, 15) is 4.91 Å². The molecule has 1 aromatic carbocycles. The predicted molar refractivity (Wildman–Crippen MR) is 48.6 cm³/mol. The molecule has 13 heavy (non-hydrogen) atoms. The minimum Gasteiger partial charge on any atom is -0.365 e. The predicted octanol–water partition coefficient (Wildman–Crippen LogP) is 0.368. The molecule has 2 rings (SSSR count). The van der Waals surface area contributed by atoms with Gasteiger partial charge in [0.25, 0.3) is 5.95 Å². The van der Waals surface area contributed by atoms with Gasteiger partial charge in [-0.15, -0.1) is 0 Å². The fourth-order valence-electron chi connectivity index (χ4n) is 1.21. The molecule has 0 radical (unpaired) electrons. The summed E-state index contributed by atoms with van der Waals surface area (Å²) in [7, 11) is 0. The smallest absolute Gasteiger partial charge is 0.318 e. The second kappa shape index (κ2) is 2.55. The first-order chi connectivity index (χ1) is 6.16. The van der Waals surface area contributed by atoms with Crippen molar-refractivity contribution in [3.63, 3.8) is 0 Å². The van der Waals surface area contributed by atoms with Crippen molar-refractivity contribution in [1.29, 1.82) is 0 Å². The minimum absolute atomic E-state index is 0.117. The number of benzene rings is 1. The van der Waals surface area contributed by atoms with Crippen LogP contribution in [0.1, 0.15) is 5.56 Å². The fourth-order valence-corrected chi connectivity index (χ4v) is 1.21. The summed E-state index contributed by atoms with van der Waals surface area (Å²) in [4.78, 5) is 15.3. The van der Waals surface area contributed by atoms with Crippen LogP contribution in [0.4, 0.5) is 5.95 Å². The van der Waals surface area contributed by atoms with E-state index in [0.717, 1.165) is 5.56 Å². The number of nitrogens with two attached hydrogens (primary N) is 1. The van der Waals surface area contributed by atoms with E-state index in [1.165, 1.54) is 0 Å². The topological polar surface area (TPSA) is 77.7 Å². The molecule has 0 bridgehead atoms. The van der Waals surface area contributed by atoms with Crippen molar-refractivity contribution >= 4 is 17.0 Å². The van der Waals surface area contributed by atoms with Crippen molar-refractivity contribution in [3.8, 4) is 0 Å². The average Bonchev–Trinajstić information content (AvgIpc) is 2.06. The molecule has 5 nitrogen and oxygen atoms in total. The second-order valence-electron chi connectivity index (χ2n) is 2.90. The molecule has 0 aliphatic heterocycles. The first kappa shape index (κ1) is 7.72. The van der Waals surface area contributed by atoms with Crippen LogP contribution in [0.15, 0.2) is 18.2 Å². The number of aryl methyl sites for hydroxylation is 1. The number of aromatic amines is 1. The van der Waals surface area contributed by atoms with Gasteiger partial charge in [-0.05, 0) is 18.6 Å². The molecule has 0 amide bonds. The molecule has 0 saturated carbocycles. The van der Waals surface area contributed by atoms with Gasteiger partial charge in [0.2, 0.25) is 0 Å². The summed E-state index contributed by atoms with van der Waals surface area (Å²) >= 11 is 0. The fraction of sp³-hybridized carbons (Fsp3) is 0.125. The molecule has 0 aliphatic rings. The van der Waals surface area contributed by atoms with Crippen LogP contribution in [0.2, 0.25) is 0 Å². The van der Waals surface area contributed by atoms with E-state index in [0.29, 0.717) is 15.6 Å². The number of aromatic nitrogens is 3. The standard InChI is InChI=1S/C8H9N4O/c1-5-2-3-6-7(4-5)12(13)11-8(9)10-6/h2-4H,1H3,(H3,9,10,11,13)/q+1. The highest BCUT2D eigenvalue weighted by molar-refractivity contribution is 5.71. The van der Waals surface area contributed by atoms with Crippen LogP contribution >= 0.6 is 0 Å². The quantitative estimate of drug-likeness (QED) is 0.570. The Morgan fingerprint density at radius 1 is 1.54 bits per heavy atom. The van der Waals surface area contributed by atoms with Gasteiger partial charge in [-0.1, -0.05) is 11.2 Å². The van der Waals surface area contributed by atoms with Gasteiger partial charge in [0.15, 0.2) is 4.54 Å². The van der Waals surface area contributed by atoms with E-state index < -0.39 is 0 Å². The lowest BCUT2D eigenvalue weighted by atomic mass is 10.2. The van der Waals surface area contributed by atoms with E-state index >= 15 is 0 Å². The van der Waals surface area contributed by atoms with E-state index in [1.807, 2.05) is 13.0 Å². The summed E-state index contributed by atoms with van der Waals surface area (Å²) in [5.41, 5.74) is 7.48. The highest BCUT2D eigenvalue weighted by atomic mass is 16.3. The maximum absolute atomic E-state index is 11.3. The molecule has 2 aromatic rings. The Morgan fingerprint density at radius 2 is 2.31 bits per heavy atom. The Morgan fingerprint density at radius 3 is 3.08 bits per heavy atom. The number of hydrogen-bond acceptors (Lipinski definition) is 3. The lowest BCUT2D eigenvalue weighted by molar-refractivity contribution is -0.535. The van der Waals surface area contributed by atoms with Crippen LogP contribution in [-0.4, -0.2) is 10.1 Å². The maximum Gasteiger partial charge on any atom is 0.318 e.